The first kappa shape index (κ1) is 13.4. The minimum absolute atomic E-state index is 0.171. The largest absolute Gasteiger partial charge is 0.342 e. The first-order valence-electron chi connectivity index (χ1n) is 6.26. The normalized spacial score (nSPS) is 15.4. The summed E-state index contributed by atoms with van der Waals surface area (Å²) in [5.74, 6) is 0.171. The van der Waals surface area contributed by atoms with Crippen molar-refractivity contribution in [1.29, 1.82) is 0 Å². The summed E-state index contributed by atoms with van der Waals surface area (Å²) in [6, 6.07) is 0. The van der Waals surface area contributed by atoms with Crippen LogP contribution in [0.2, 0.25) is 5.15 Å². The van der Waals surface area contributed by atoms with E-state index in [0.717, 1.165) is 37.2 Å². The molecule has 1 aliphatic rings. The van der Waals surface area contributed by atoms with E-state index in [0.29, 0.717) is 18.2 Å². The number of hydrogen-bond acceptors (Lipinski definition) is 3. The van der Waals surface area contributed by atoms with Crippen LogP contribution in [0.5, 0.6) is 0 Å². The molecule has 1 saturated heterocycles. The van der Waals surface area contributed by atoms with Crippen LogP contribution in [0.1, 0.15) is 24.1 Å². The highest BCUT2D eigenvalue weighted by Gasteiger charge is 2.17. The van der Waals surface area contributed by atoms with Crippen LogP contribution in [0.3, 0.4) is 0 Å². The van der Waals surface area contributed by atoms with Gasteiger partial charge in [-0.15, -0.1) is 0 Å². The molecule has 0 bridgehead atoms. The van der Waals surface area contributed by atoms with E-state index in [1.165, 1.54) is 0 Å². The molecule has 1 aromatic heterocycles. The van der Waals surface area contributed by atoms with Crippen molar-refractivity contribution in [3.05, 3.63) is 16.4 Å². The molecule has 2 rings (SSSR count). The Hall–Kier alpha value is -1.07. The average molecular weight is 271 g/mol. The fourth-order valence-electron chi connectivity index (χ4n) is 2.25. The molecule has 1 amide bonds. The predicted molar refractivity (Wildman–Crippen MR) is 70.5 cm³/mol. The van der Waals surface area contributed by atoms with Gasteiger partial charge in [-0.25, -0.2) is 0 Å². The molecule has 1 aromatic rings. The lowest BCUT2D eigenvalue weighted by Gasteiger charge is -2.15. The van der Waals surface area contributed by atoms with Crippen molar-refractivity contribution in [2.24, 2.45) is 7.05 Å². The summed E-state index contributed by atoms with van der Waals surface area (Å²) in [5.41, 5.74) is 1.87. The van der Waals surface area contributed by atoms with Crippen LogP contribution in [0.25, 0.3) is 0 Å². The molecule has 100 valence electrons. The highest BCUT2D eigenvalue weighted by molar-refractivity contribution is 6.30. The third-order valence-electron chi connectivity index (χ3n) is 3.31. The molecule has 0 aromatic carbocycles. The van der Waals surface area contributed by atoms with E-state index in [1.807, 2.05) is 18.9 Å². The molecular weight excluding hydrogens is 252 g/mol. The van der Waals surface area contributed by atoms with Crippen LogP contribution in [-0.2, 0) is 18.4 Å². The van der Waals surface area contributed by atoms with Gasteiger partial charge in [-0.1, -0.05) is 11.6 Å². The summed E-state index contributed by atoms with van der Waals surface area (Å²) in [6.07, 6.45) is 2.25. The van der Waals surface area contributed by atoms with Crippen LogP contribution in [0.4, 0.5) is 0 Å². The molecule has 0 saturated carbocycles. The number of carbonyl (C=O) groups is 1. The van der Waals surface area contributed by atoms with Crippen molar-refractivity contribution >= 4 is 17.5 Å². The van der Waals surface area contributed by atoms with Gasteiger partial charge in [0.1, 0.15) is 5.15 Å². The highest BCUT2D eigenvalue weighted by atomic mass is 35.5. The van der Waals surface area contributed by atoms with Gasteiger partial charge in [0.05, 0.1) is 12.2 Å². The van der Waals surface area contributed by atoms with Crippen molar-refractivity contribution < 1.29 is 4.79 Å². The molecule has 1 fully saturated rings. The van der Waals surface area contributed by atoms with E-state index in [-0.39, 0.29) is 5.91 Å². The second-order valence-corrected chi connectivity index (χ2v) is 5.03. The molecular formula is C12H19ClN4O. The van der Waals surface area contributed by atoms with E-state index in [2.05, 4.69) is 10.4 Å². The van der Waals surface area contributed by atoms with Gasteiger partial charge in [0.25, 0.3) is 0 Å². The minimum Gasteiger partial charge on any atom is -0.342 e. The molecule has 5 nitrogen and oxygen atoms in total. The van der Waals surface area contributed by atoms with Gasteiger partial charge in [0.2, 0.25) is 5.91 Å². The second kappa shape index (κ2) is 5.71. The monoisotopic (exact) mass is 270 g/mol. The standard InChI is InChI=1S/C12H19ClN4O/c1-9-10(12(13)16(2)15-9)7-14-8-11(18)17-5-3-4-6-17/h14H,3-8H2,1-2H3. The zero-order chi connectivity index (χ0) is 13.1. The quantitative estimate of drug-likeness (QED) is 0.891. The zero-order valence-corrected chi connectivity index (χ0v) is 11.6. The van der Waals surface area contributed by atoms with Crippen molar-refractivity contribution in [2.45, 2.75) is 26.3 Å². The highest BCUT2D eigenvalue weighted by Crippen LogP contribution is 2.18. The first-order chi connectivity index (χ1) is 8.59. The second-order valence-electron chi connectivity index (χ2n) is 4.67. The molecule has 1 aliphatic heterocycles. The van der Waals surface area contributed by atoms with Crippen molar-refractivity contribution in [2.75, 3.05) is 19.6 Å². The average Bonchev–Trinajstić information content (AvgIpc) is 2.93. The van der Waals surface area contributed by atoms with Crippen LogP contribution in [-0.4, -0.2) is 40.2 Å². The summed E-state index contributed by atoms with van der Waals surface area (Å²) >= 11 is 6.12. The maximum absolute atomic E-state index is 11.8. The fraction of sp³-hybridized carbons (Fsp3) is 0.667. The predicted octanol–water partition coefficient (Wildman–Crippen LogP) is 1.09. The Labute approximate surface area is 112 Å². The summed E-state index contributed by atoms with van der Waals surface area (Å²) in [4.78, 5) is 13.7. The van der Waals surface area contributed by atoms with Gasteiger partial charge in [0.15, 0.2) is 0 Å². The Bertz CT molecular complexity index is 438. The van der Waals surface area contributed by atoms with Crippen LogP contribution >= 0.6 is 11.6 Å². The zero-order valence-electron chi connectivity index (χ0n) is 10.9. The number of likely N-dealkylation sites (tertiary alicyclic amines) is 1. The third-order valence-corrected chi connectivity index (χ3v) is 3.78. The lowest BCUT2D eigenvalue weighted by molar-refractivity contribution is -0.129. The van der Waals surface area contributed by atoms with Gasteiger partial charge in [0, 0.05) is 32.2 Å². The summed E-state index contributed by atoms with van der Waals surface area (Å²) in [5, 5.41) is 8.01. The Balaban J connectivity index is 1.83. The van der Waals surface area contributed by atoms with Crippen molar-refractivity contribution in [1.82, 2.24) is 20.0 Å². The molecule has 0 radical (unpaired) electrons. The molecule has 0 spiro atoms. The number of carbonyl (C=O) groups excluding carboxylic acids is 1. The van der Waals surface area contributed by atoms with E-state index in [1.54, 1.807) is 4.68 Å². The number of hydrogen-bond donors (Lipinski definition) is 1. The van der Waals surface area contributed by atoms with Crippen molar-refractivity contribution in [3.63, 3.8) is 0 Å². The van der Waals surface area contributed by atoms with E-state index >= 15 is 0 Å². The van der Waals surface area contributed by atoms with Gasteiger partial charge >= 0.3 is 0 Å². The van der Waals surface area contributed by atoms with E-state index in [9.17, 15) is 4.79 Å². The summed E-state index contributed by atoms with van der Waals surface area (Å²) in [6.45, 7) is 4.66. The Morgan fingerprint density at radius 2 is 2.11 bits per heavy atom. The van der Waals surface area contributed by atoms with Crippen LogP contribution in [0, 0.1) is 6.92 Å². The number of aromatic nitrogens is 2. The smallest absolute Gasteiger partial charge is 0.236 e. The van der Waals surface area contributed by atoms with Crippen molar-refractivity contribution in [3.8, 4) is 0 Å². The number of rotatable bonds is 4. The Morgan fingerprint density at radius 3 is 2.67 bits per heavy atom. The Kier molecular flexibility index (Phi) is 4.24. The molecule has 0 unspecified atom stereocenters. The molecule has 18 heavy (non-hydrogen) atoms. The van der Waals surface area contributed by atoms with Crippen LogP contribution in [0.15, 0.2) is 0 Å². The number of halogens is 1. The van der Waals surface area contributed by atoms with E-state index in [4.69, 9.17) is 11.6 Å². The first-order valence-corrected chi connectivity index (χ1v) is 6.64. The summed E-state index contributed by atoms with van der Waals surface area (Å²) < 4.78 is 1.65. The molecule has 6 heteroatoms. The Morgan fingerprint density at radius 1 is 1.44 bits per heavy atom. The lowest BCUT2D eigenvalue weighted by atomic mass is 10.2. The molecule has 2 heterocycles. The molecule has 0 aliphatic carbocycles. The number of nitrogens with zero attached hydrogens (tertiary/aromatic N) is 3. The van der Waals surface area contributed by atoms with Gasteiger partial charge < -0.3 is 10.2 Å². The van der Waals surface area contributed by atoms with Crippen LogP contribution < -0.4 is 5.32 Å². The number of aryl methyl sites for hydroxylation is 2. The lowest BCUT2D eigenvalue weighted by Crippen LogP contribution is -2.36. The topological polar surface area (TPSA) is 50.2 Å². The molecule has 1 N–H and O–H groups in total. The maximum atomic E-state index is 11.8. The third kappa shape index (κ3) is 2.84. The SMILES string of the molecule is Cc1nn(C)c(Cl)c1CNCC(=O)N1CCCC1. The molecule has 0 atom stereocenters. The fourth-order valence-corrected chi connectivity index (χ4v) is 2.49. The maximum Gasteiger partial charge on any atom is 0.236 e. The number of amides is 1. The minimum atomic E-state index is 0.171. The summed E-state index contributed by atoms with van der Waals surface area (Å²) in [7, 11) is 1.81. The van der Waals surface area contributed by atoms with Gasteiger partial charge in [-0.2, -0.15) is 5.10 Å². The van der Waals surface area contributed by atoms with E-state index < -0.39 is 0 Å². The number of nitrogens with one attached hydrogen (secondary N) is 1. The van der Waals surface area contributed by atoms with Gasteiger partial charge in [-0.05, 0) is 19.8 Å². The van der Waals surface area contributed by atoms with Gasteiger partial charge in [-0.3, -0.25) is 9.48 Å².